The van der Waals surface area contributed by atoms with Crippen molar-refractivity contribution in [2.24, 2.45) is 7.05 Å². The van der Waals surface area contributed by atoms with Gasteiger partial charge < -0.3 is 4.98 Å². The van der Waals surface area contributed by atoms with Crippen LogP contribution in [0.4, 0.5) is 0 Å². The van der Waals surface area contributed by atoms with Crippen molar-refractivity contribution in [2.75, 3.05) is 0 Å². The van der Waals surface area contributed by atoms with E-state index in [-0.39, 0.29) is 11.1 Å². The van der Waals surface area contributed by atoms with Crippen LogP contribution in [0.3, 0.4) is 0 Å². The zero-order chi connectivity index (χ0) is 7.84. The molecule has 6 heteroatoms. The molecule has 2 heterocycles. The summed E-state index contributed by atoms with van der Waals surface area (Å²) in [5, 5.41) is 7.66. The highest BCUT2D eigenvalue weighted by atomic mass is 16.1. The van der Waals surface area contributed by atoms with E-state index in [1.807, 2.05) is 0 Å². The lowest BCUT2D eigenvalue weighted by molar-refractivity contribution is 0.663. The highest BCUT2D eigenvalue weighted by Crippen LogP contribution is 1.94. The van der Waals surface area contributed by atoms with Gasteiger partial charge in [-0.1, -0.05) is 0 Å². The normalized spacial score (nSPS) is 10.6. The molecule has 0 fully saturated rings. The van der Waals surface area contributed by atoms with Gasteiger partial charge in [-0.3, -0.25) is 4.79 Å². The fourth-order valence-electron chi connectivity index (χ4n) is 0.851. The van der Waals surface area contributed by atoms with Crippen molar-refractivity contribution in [1.29, 1.82) is 0 Å². The maximum absolute atomic E-state index is 11.0. The predicted octanol–water partition coefficient (Wildman–Crippen LogP) is -0.948. The van der Waals surface area contributed by atoms with Gasteiger partial charge in [0.1, 0.15) is 0 Å². The highest BCUT2D eigenvalue weighted by Gasteiger charge is 2.03. The molecule has 0 spiro atoms. The molecule has 0 atom stereocenters. The first-order chi connectivity index (χ1) is 5.27. The van der Waals surface area contributed by atoms with Crippen molar-refractivity contribution in [1.82, 2.24) is 25.0 Å². The molecule has 0 aliphatic rings. The Labute approximate surface area is 60.9 Å². The van der Waals surface area contributed by atoms with E-state index in [9.17, 15) is 4.79 Å². The number of aromatic nitrogens is 5. The Balaban J connectivity index is 3.02. The van der Waals surface area contributed by atoms with Crippen LogP contribution < -0.4 is 5.56 Å². The van der Waals surface area contributed by atoms with Gasteiger partial charge >= 0.3 is 0 Å². The summed E-state index contributed by atoms with van der Waals surface area (Å²) in [5.41, 5.74) is 0.384. The van der Waals surface area contributed by atoms with E-state index in [0.29, 0.717) is 5.65 Å². The maximum atomic E-state index is 11.0. The van der Waals surface area contributed by atoms with Crippen LogP contribution in [0.2, 0.25) is 0 Å². The molecule has 0 aromatic carbocycles. The largest absolute Gasteiger partial charge is 0.311 e. The fraction of sp³-hybridized carbons (Fsp3) is 0.200. The first-order valence-corrected chi connectivity index (χ1v) is 3.02. The van der Waals surface area contributed by atoms with Crippen LogP contribution in [0.15, 0.2) is 11.1 Å². The highest BCUT2D eigenvalue weighted by molar-refractivity contribution is 5.66. The van der Waals surface area contributed by atoms with Gasteiger partial charge in [-0.05, 0) is 0 Å². The van der Waals surface area contributed by atoms with Crippen molar-refractivity contribution in [2.45, 2.75) is 0 Å². The SMILES string of the molecule is Cn1nc2nc[nH]c(=O)c2n1. The first kappa shape index (κ1) is 6.02. The molecular weight excluding hydrogens is 146 g/mol. The van der Waals surface area contributed by atoms with Crippen molar-refractivity contribution in [3.63, 3.8) is 0 Å². The Hall–Kier alpha value is -1.72. The van der Waals surface area contributed by atoms with Crippen LogP contribution in [0.25, 0.3) is 11.2 Å². The van der Waals surface area contributed by atoms with Crippen LogP contribution in [-0.4, -0.2) is 25.0 Å². The number of hydrogen-bond acceptors (Lipinski definition) is 4. The molecular formula is C5H5N5O. The summed E-state index contributed by atoms with van der Waals surface area (Å²) in [4.78, 5) is 18.5. The number of aromatic amines is 1. The number of fused-ring (bicyclic) bond motifs is 1. The number of rotatable bonds is 0. The number of aryl methyl sites for hydroxylation is 1. The Kier molecular flexibility index (Phi) is 1.03. The third-order valence-corrected chi connectivity index (χ3v) is 1.29. The topological polar surface area (TPSA) is 76.5 Å². The number of nitrogens with zero attached hydrogens (tertiary/aromatic N) is 4. The van der Waals surface area contributed by atoms with Gasteiger partial charge in [-0.2, -0.15) is 4.80 Å². The number of nitrogens with one attached hydrogen (secondary N) is 1. The lowest BCUT2D eigenvalue weighted by atomic mass is 10.6. The summed E-state index contributed by atoms with van der Waals surface area (Å²) in [5.74, 6) is 0. The van der Waals surface area contributed by atoms with Crippen LogP contribution in [0, 0.1) is 0 Å². The van der Waals surface area contributed by atoms with E-state index in [1.54, 1.807) is 7.05 Å². The van der Waals surface area contributed by atoms with Crippen LogP contribution in [0.1, 0.15) is 0 Å². The standard InChI is InChI=1S/C5H5N5O/c1-10-8-3-4(9-10)6-2-7-5(3)11/h2H,1H3,(H,6,7,9,11). The van der Waals surface area contributed by atoms with E-state index < -0.39 is 0 Å². The third kappa shape index (κ3) is 0.794. The Morgan fingerprint density at radius 1 is 1.55 bits per heavy atom. The zero-order valence-electron chi connectivity index (χ0n) is 5.77. The quantitative estimate of drug-likeness (QED) is 0.526. The van der Waals surface area contributed by atoms with Crippen LogP contribution in [0.5, 0.6) is 0 Å². The van der Waals surface area contributed by atoms with Gasteiger partial charge in [0, 0.05) is 7.05 Å². The molecule has 1 N–H and O–H groups in total. The number of H-pyrrole nitrogens is 1. The predicted molar refractivity (Wildman–Crippen MR) is 36.9 cm³/mol. The molecule has 0 saturated carbocycles. The first-order valence-electron chi connectivity index (χ1n) is 3.02. The van der Waals surface area contributed by atoms with Crippen molar-refractivity contribution >= 4 is 11.2 Å². The number of hydrogen-bond donors (Lipinski definition) is 1. The van der Waals surface area contributed by atoms with Crippen molar-refractivity contribution in [3.05, 3.63) is 16.7 Å². The van der Waals surface area contributed by atoms with Crippen molar-refractivity contribution in [3.8, 4) is 0 Å². The molecule has 6 nitrogen and oxygen atoms in total. The fourth-order valence-corrected chi connectivity index (χ4v) is 0.851. The van der Waals surface area contributed by atoms with Gasteiger partial charge in [-0.15, -0.1) is 10.2 Å². The van der Waals surface area contributed by atoms with Crippen LogP contribution >= 0.6 is 0 Å². The third-order valence-electron chi connectivity index (χ3n) is 1.29. The Morgan fingerprint density at radius 2 is 2.36 bits per heavy atom. The summed E-state index contributed by atoms with van der Waals surface area (Å²) < 4.78 is 0. The second kappa shape index (κ2) is 1.88. The molecule has 0 saturated heterocycles. The molecule has 0 unspecified atom stereocenters. The average molecular weight is 151 g/mol. The molecule has 2 aromatic rings. The van der Waals surface area contributed by atoms with Gasteiger partial charge in [-0.25, -0.2) is 4.98 Å². The van der Waals surface area contributed by atoms with Gasteiger partial charge in [0.25, 0.3) is 5.56 Å². The lowest BCUT2D eigenvalue weighted by Gasteiger charge is -1.79. The van der Waals surface area contributed by atoms with E-state index in [1.165, 1.54) is 11.1 Å². The smallest absolute Gasteiger partial charge is 0.280 e. The monoisotopic (exact) mass is 151 g/mol. The average Bonchev–Trinajstić information content (AvgIpc) is 2.31. The minimum absolute atomic E-state index is 0.261. The van der Waals surface area contributed by atoms with Crippen molar-refractivity contribution < 1.29 is 0 Å². The van der Waals surface area contributed by atoms with Gasteiger partial charge in [0.05, 0.1) is 6.33 Å². The summed E-state index contributed by atoms with van der Waals surface area (Å²) in [7, 11) is 1.64. The Bertz CT molecular complexity index is 441. The minimum atomic E-state index is -0.261. The maximum Gasteiger partial charge on any atom is 0.280 e. The van der Waals surface area contributed by atoms with E-state index in [0.717, 1.165) is 0 Å². The molecule has 2 rings (SSSR count). The molecule has 0 bridgehead atoms. The molecule has 56 valence electrons. The summed E-state index contributed by atoms with van der Waals surface area (Å²) >= 11 is 0. The summed E-state index contributed by atoms with van der Waals surface area (Å²) in [6.07, 6.45) is 1.30. The van der Waals surface area contributed by atoms with Gasteiger partial charge in [0.2, 0.25) is 5.65 Å². The Morgan fingerprint density at radius 3 is 3.09 bits per heavy atom. The van der Waals surface area contributed by atoms with E-state index >= 15 is 0 Å². The lowest BCUT2D eigenvalue weighted by Crippen LogP contribution is -2.06. The second-order valence-corrected chi connectivity index (χ2v) is 2.09. The second-order valence-electron chi connectivity index (χ2n) is 2.09. The summed E-state index contributed by atoms with van der Waals surface area (Å²) in [6.45, 7) is 0. The molecule has 0 amide bonds. The molecule has 0 aliphatic heterocycles. The zero-order valence-corrected chi connectivity index (χ0v) is 5.77. The van der Waals surface area contributed by atoms with E-state index in [2.05, 4.69) is 20.2 Å². The van der Waals surface area contributed by atoms with E-state index in [4.69, 9.17) is 0 Å². The van der Waals surface area contributed by atoms with Crippen LogP contribution in [-0.2, 0) is 7.05 Å². The molecule has 0 aliphatic carbocycles. The summed E-state index contributed by atoms with van der Waals surface area (Å²) in [6, 6.07) is 0. The molecule has 2 aromatic heterocycles. The minimum Gasteiger partial charge on any atom is -0.311 e. The molecule has 11 heavy (non-hydrogen) atoms. The van der Waals surface area contributed by atoms with Gasteiger partial charge in [0.15, 0.2) is 5.52 Å². The molecule has 0 radical (unpaired) electrons.